The van der Waals surface area contributed by atoms with E-state index in [-0.39, 0.29) is 12.1 Å². The van der Waals surface area contributed by atoms with Gasteiger partial charge in [-0.05, 0) is 36.4 Å². The van der Waals surface area contributed by atoms with Gasteiger partial charge in [0.15, 0.2) is 0 Å². The Morgan fingerprint density at radius 3 is 2.61 bits per heavy atom. The molecular weight excluding hydrogens is 301 g/mol. The molecule has 0 aromatic heterocycles. The fraction of sp³-hybridized carbons (Fsp3) is 0.125. The van der Waals surface area contributed by atoms with E-state index in [2.05, 4.69) is 10.6 Å². The lowest BCUT2D eigenvalue weighted by molar-refractivity contribution is -0.114. The molecule has 0 aliphatic heterocycles. The summed E-state index contributed by atoms with van der Waals surface area (Å²) in [4.78, 5) is 23.5. The Bertz CT molecular complexity index is 734. The second kappa shape index (κ2) is 7.37. The van der Waals surface area contributed by atoms with Crippen molar-refractivity contribution in [2.24, 2.45) is 5.73 Å². The second-order valence-corrected chi connectivity index (χ2v) is 4.63. The number of rotatable bonds is 5. The lowest BCUT2D eigenvalue weighted by Gasteiger charge is -2.12. The van der Waals surface area contributed by atoms with Crippen LogP contribution in [0.5, 0.6) is 5.75 Å². The van der Waals surface area contributed by atoms with Gasteiger partial charge in [0.2, 0.25) is 5.91 Å². The zero-order valence-corrected chi connectivity index (χ0v) is 12.4. The number of ether oxygens (including phenoxy) is 1. The third-order valence-corrected chi connectivity index (χ3v) is 3.00. The van der Waals surface area contributed by atoms with Crippen LogP contribution in [0.3, 0.4) is 0 Å². The molecule has 0 heterocycles. The van der Waals surface area contributed by atoms with Crippen LogP contribution in [0, 0.1) is 5.82 Å². The van der Waals surface area contributed by atoms with Gasteiger partial charge in [-0.25, -0.2) is 4.39 Å². The summed E-state index contributed by atoms with van der Waals surface area (Å²) in [5.74, 6) is -0.929. The number of halogens is 1. The normalized spacial score (nSPS) is 10.0. The third-order valence-electron chi connectivity index (χ3n) is 3.00. The number of hydrogen-bond acceptors (Lipinski definition) is 4. The van der Waals surface area contributed by atoms with Gasteiger partial charge < -0.3 is 21.1 Å². The van der Waals surface area contributed by atoms with Crippen LogP contribution in [-0.4, -0.2) is 25.5 Å². The predicted octanol–water partition coefficient (Wildman–Crippen LogP) is 1.98. The highest BCUT2D eigenvalue weighted by atomic mass is 19.1. The Morgan fingerprint density at radius 1 is 1.17 bits per heavy atom. The van der Waals surface area contributed by atoms with Crippen molar-refractivity contribution in [3.63, 3.8) is 0 Å². The van der Waals surface area contributed by atoms with Crippen molar-refractivity contribution >= 4 is 23.2 Å². The fourth-order valence-electron chi connectivity index (χ4n) is 1.92. The molecule has 2 rings (SSSR count). The van der Waals surface area contributed by atoms with E-state index in [1.807, 2.05) is 0 Å². The van der Waals surface area contributed by atoms with Crippen LogP contribution in [0.25, 0.3) is 0 Å². The van der Waals surface area contributed by atoms with Crippen molar-refractivity contribution in [2.45, 2.75) is 0 Å². The number of carbonyl (C=O) groups excluding carboxylic acids is 2. The van der Waals surface area contributed by atoms with E-state index in [0.717, 1.165) is 6.07 Å². The minimum atomic E-state index is -0.497. The van der Waals surface area contributed by atoms with Crippen molar-refractivity contribution in [1.82, 2.24) is 0 Å². The fourth-order valence-corrected chi connectivity index (χ4v) is 1.92. The molecule has 0 saturated heterocycles. The molecule has 4 N–H and O–H groups in total. The monoisotopic (exact) mass is 317 g/mol. The van der Waals surface area contributed by atoms with Crippen molar-refractivity contribution in [1.29, 1.82) is 0 Å². The predicted molar refractivity (Wildman–Crippen MR) is 85.0 cm³/mol. The topological polar surface area (TPSA) is 93.5 Å². The summed E-state index contributed by atoms with van der Waals surface area (Å²) < 4.78 is 18.3. The van der Waals surface area contributed by atoms with E-state index in [1.54, 1.807) is 12.1 Å². The highest BCUT2D eigenvalue weighted by Gasteiger charge is 2.11. The summed E-state index contributed by atoms with van der Waals surface area (Å²) in [7, 11) is 1.46. The van der Waals surface area contributed by atoms with E-state index in [4.69, 9.17) is 10.5 Å². The first kappa shape index (κ1) is 16.4. The summed E-state index contributed by atoms with van der Waals surface area (Å²) in [6.07, 6.45) is 0. The molecule has 0 spiro atoms. The van der Waals surface area contributed by atoms with Gasteiger partial charge in [-0.3, -0.25) is 9.59 Å². The maximum Gasteiger partial charge on any atom is 0.255 e. The van der Waals surface area contributed by atoms with Gasteiger partial charge in [-0.1, -0.05) is 6.07 Å². The zero-order chi connectivity index (χ0) is 16.8. The molecule has 2 aromatic rings. The lowest BCUT2D eigenvalue weighted by Crippen LogP contribution is -2.22. The van der Waals surface area contributed by atoms with Crippen molar-refractivity contribution in [2.75, 3.05) is 24.3 Å². The highest BCUT2D eigenvalue weighted by molar-refractivity contribution is 6.05. The summed E-state index contributed by atoms with van der Waals surface area (Å²) in [5, 5.41) is 5.20. The molecule has 23 heavy (non-hydrogen) atoms. The van der Waals surface area contributed by atoms with E-state index in [9.17, 15) is 14.0 Å². The van der Waals surface area contributed by atoms with Gasteiger partial charge in [-0.2, -0.15) is 0 Å². The first-order valence-corrected chi connectivity index (χ1v) is 6.78. The maximum absolute atomic E-state index is 13.2. The van der Waals surface area contributed by atoms with Gasteiger partial charge in [0, 0.05) is 11.3 Å². The van der Waals surface area contributed by atoms with Gasteiger partial charge in [-0.15, -0.1) is 0 Å². The average molecular weight is 317 g/mol. The lowest BCUT2D eigenvalue weighted by atomic mass is 10.2. The number of nitrogens with one attached hydrogen (secondary N) is 2. The molecule has 0 unspecified atom stereocenters. The van der Waals surface area contributed by atoms with Crippen molar-refractivity contribution in [3.05, 3.63) is 53.8 Å². The molecule has 2 aromatic carbocycles. The van der Waals surface area contributed by atoms with Gasteiger partial charge in [0.25, 0.3) is 5.91 Å². The standard InChI is InChI=1S/C16H16FN3O3/c1-23-14-6-5-12(8-13(14)20-15(21)9-18)19-16(22)10-3-2-4-11(17)7-10/h2-8H,9,18H2,1H3,(H,19,22)(H,20,21). The van der Waals surface area contributed by atoms with Gasteiger partial charge in [0.05, 0.1) is 19.3 Å². The molecule has 0 radical (unpaired) electrons. The molecule has 7 heteroatoms. The summed E-state index contributed by atoms with van der Waals surface area (Å²) >= 11 is 0. The number of benzene rings is 2. The number of methoxy groups -OCH3 is 1. The Labute approximate surface area is 132 Å². The molecule has 0 aliphatic carbocycles. The van der Waals surface area contributed by atoms with Crippen LogP contribution in [-0.2, 0) is 4.79 Å². The minimum absolute atomic E-state index is 0.178. The zero-order valence-electron chi connectivity index (χ0n) is 12.4. The number of carbonyl (C=O) groups is 2. The van der Waals surface area contributed by atoms with E-state index >= 15 is 0 Å². The van der Waals surface area contributed by atoms with Crippen LogP contribution >= 0.6 is 0 Å². The van der Waals surface area contributed by atoms with E-state index in [1.165, 1.54) is 31.4 Å². The number of nitrogens with two attached hydrogens (primary N) is 1. The first-order valence-electron chi connectivity index (χ1n) is 6.78. The molecule has 2 amide bonds. The van der Waals surface area contributed by atoms with Crippen LogP contribution in [0.15, 0.2) is 42.5 Å². The van der Waals surface area contributed by atoms with E-state index in [0.29, 0.717) is 17.1 Å². The molecule has 0 saturated carbocycles. The largest absolute Gasteiger partial charge is 0.495 e. The van der Waals surface area contributed by atoms with E-state index < -0.39 is 17.6 Å². The van der Waals surface area contributed by atoms with Crippen molar-refractivity contribution in [3.8, 4) is 5.75 Å². The molecule has 0 fully saturated rings. The van der Waals surface area contributed by atoms with Crippen LogP contribution in [0.4, 0.5) is 15.8 Å². The first-order chi connectivity index (χ1) is 11.0. The molecular formula is C16H16FN3O3. The second-order valence-electron chi connectivity index (χ2n) is 4.63. The van der Waals surface area contributed by atoms with Crippen LogP contribution < -0.4 is 21.1 Å². The van der Waals surface area contributed by atoms with Crippen LogP contribution in [0.2, 0.25) is 0 Å². The average Bonchev–Trinajstić information content (AvgIpc) is 2.55. The maximum atomic E-state index is 13.2. The Balaban J connectivity index is 2.21. The third kappa shape index (κ3) is 4.27. The molecule has 0 aliphatic rings. The smallest absolute Gasteiger partial charge is 0.255 e. The quantitative estimate of drug-likeness (QED) is 0.786. The summed E-state index contributed by atoms with van der Waals surface area (Å²) in [6, 6.07) is 10.1. The summed E-state index contributed by atoms with van der Waals surface area (Å²) in [6.45, 7) is -0.178. The van der Waals surface area contributed by atoms with Crippen LogP contribution in [0.1, 0.15) is 10.4 Å². The Morgan fingerprint density at radius 2 is 1.96 bits per heavy atom. The van der Waals surface area contributed by atoms with Crippen molar-refractivity contribution < 1.29 is 18.7 Å². The Hall–Kier alpha value is -2.93. The SMILES string of the molecule is COc1ccc(NC(=O)c2cccc(F)c2)cc1NC(=O)CN. The van der Waals surface area contributed by atoms with Gasteiger partial charge >= 0.3 is 0 Å². The number of hydrogen-bond donors (Lipinski definition) is 3. The van der Waals surface area contributed by atoms with Gasteiger partial charge in [0.1, 0.15) is 11.6 Å². The molecule has 0 atom stereocenters. The highest BCUT2D eigenvalue weighted by Crippen LogP contribution is 2.28. The minimum Gasteiger partial charge on any atom is -0.495 e. The number of anilines is 2. The Kier molecular flexibility index (Phi) is 5.27. The number of amides is 2. The summed E-state index contributed by atoms with van der Waals surface area (Å²) in [5.41, 5.74) is 6.25. The molecule has 6 nitrogen and oxygen atoms in total. The molecule has 0 bridgehead atoms. The molecule has 120 valence electrons.